The van der Waals surface area contributed by atoms with E-state index < -0.39 is 11.7 Å². The zero-order valence-corrected chi connectivity index (χ0v) is 14.1. The fourth-order valence-electron chi connectivity index (χ4n) is 2.45. The van der Waals surface area contributed by atoms with E-state index >= 15 is 0 Å². The molecule has 140 valence electrons. The van der Waals surface area contributed by atoms with Gasteiger partial charge in [0.15, 0.2) is 0 Å². The molecule has 2 N–H and O–H groups in total. The molecule has 27 heavy (non-hydrogen) atoms. The summed E-state index contributed by atoms with van der Waals surface area (Å²) in [6.45, 7) is 0.445. The number of hydrogen-bond donors (Lipinski definition) is 2. The van der Waals surface area contributed by atoms with E-state index in [1.165, 1.54) is 24.4 Å². The van der Waals surface area contributed by atoms with E-state index in [1.54, 1.807) is 24.3 Å². The maximum Gasteiger partial charge on any atom is 0.416 e. The fraction of sp³-hybridized carbons (Fsp3) is 0.158. The Labute approximate surface area is 153 Å². The first kappa shape index (κ1) is 18.6. The molecule has 0 radical (unpaired) electrons. The average molecular weight is 376 g/mol. The Bertz CT molecular complexity index is 912. The SMILES string of the molecule is Fc1ccccc1CCNc1ccnc(Nc2cccc(C(F)(F)F)c2)n1. The van der Waals surface area contributed by atoms with Gasteiger partial charge in [-0.1, -0.05) is 24.3 Å². The van der Waals surface area contributed by atoms with Gasteiger partial charge in [-0.3, -0.25) is 0 Å². The highest BCUT2D eigenvalue weighted by Crippen LogP contribution is 2.31. The Kier molecular flexibility index (Phi) is 5.54. The van der Waals surface area contributed by atoms with Crippen LogP contribution < -0.4 is 10.6 Å². The largest absolute Gasteiger partial charge is 0.416 e. The lowest BCUT2D eigenvalue weighted by atomic mass is 10.1. The summed E-state index contributed by atoms with van der Waals surface area (Å²) in [5.41, 5.74) is 0.0568. The predicted molar refractivity (Wildman–Crippen MR) is 95.4 cm³/mol. The van der Waals surface area contributed by atoms with Crippen molar-refractivity contribution in [1.29, 1.82) is 0 Å². The first-order valence-electron chi connectivity index (χ1n) is 8.16. The van der Waals surface area contributed by atoms with Gasteiger partial charge in [-0.05, 0) is 42.3 Å². The maximum absolute atomic E-state index is 13.6. The normalized spacial score (nSPS) is 11.3. The lowest BCUT2D eigenvalue weighted by Crippen LogP contribution is -2.09. The molecule has 0 bridgehead atoms. The molecule has 0 saturated heterocycles. The van der Waals surface area contributed by atoms with Crippen molar-refractivity contribution in [2.45, 2.75) is 12.6 Å². The summed E-state index contributed by atoms with van der Waals surface area (Å²) in [5.74, 6) is 0.370. The molecule has 0 aliphatic heterocycles. The second-order valence-electron chi connectivity index (χ2n) is 5.74. The number of alkyl halides is 3. The molecule has 0 fully saturated rings. The number of benzene rings is 2. The molecule has 8 heteroatoms. The molecule has 0 atom stereocenters. The first-order chi connectivity index (χ1) is 12.9. The van der Waals surface area contributed by atoms with Gasteiger partial charge in [0.25, 0.3) is 0 Å². The Balaban J connectivity index is 1.63. The quantitative estimate of drug-likeness (QED) is 0.592. The number of halogens is 4. The lowest BCUT2D eigenvalue weighted by molar-refractivity contribution is -0.137. The monoisotopic (exact) mass is 376 g/mol. The number of anilines is 3. The Morgan fingerprint density at radius 1 is 0.963 bits per heavy atom. The molecule has 0 aliphatic rings. The lowest BCUT2D eigenvalue weighted by Gasteiger charge is -2.11. The molecule has 1 heterocycles. The van der Waals surface area contributed by atoms with E-state index in [0.717, 1.165) is 12.1 Å². The van der Waals surface area contributed by atoms with Gasteiger partial charge in [0.2, 0.25) is 5.95 Å². The van der Waals surface area contributed by atoms with Crippen LogP contribution in [0.1, 0.15) is 11.1 Å². The van der Waals surface area contributed by atoms with Crippen LogP contribution in [0.5, 0.6) is 0 Å². The van der Waals surface area contributed by atoms with Crippen molar-refractivity contribution in [1.82, 2.24) is 9.97 Å². The minimum absolute atomic E-state index is 0.158. The Morgan fingerprint density at radius 2 is 1.78 bits per heavy atom. The van der Waals surface area contributed by atoms with Crippen molar-refractivity contribution in [3.63, 3.8) is 0 Å². The van der Waals surface area contributed by atoms with E-state index in [4.69, 9.17) is 0 Å². The molecule has 3 rings (SSSR count). The molecule has 1 aromatic heterocycles. The fourth-order valence-corrected chi connectivity index (χ4v) is 2.45. The van der Waals surface area contributed by atoms with E-state index in [-0.39, 0.29) is 17.5 Å². The minimum atomic E-state index is -4.42. The summed E-state index contributed by atoms with van der Waals surface area (Å²) in [7, 11) is 0. The number of aromatic nitrogens is 2. The van der Waals surface area contributed by atoms with E-state index in [9.17, 15) is 17.6 Å². The highest BCUT2D eigenvalue weighted by atomic mass is 19.4. The van der Waals surface area contributed by atoms with Crippen LogP contribution in [0.15, 0.2) is 60.8 Å². The molecule has 2 aromatic carbocycles. The van der Waals surface area contributed by atoms with Crippen LogP contribution in [-0.2, 0) is 12.6 Å². The van der Waals surface area contributed by atoms with E-state index in [1.807, 2.05) is 0 Å². The van der Waals surface area contributed by atoms with Gasteiger partial charge in [-0.15, -0.1) is 0 Å². The van der Waals surface area contributed by atoms with Gasteiger partial charge in [0, 0.05) is 18.4 Å². The van der Waals surface area contributed by atoms with Crippen LogP contribution in [-0.4, -0.2) is 16.5 Å². The Morgan fingerprint density at radius 3 is 2.56 bits per heavy atom. The van der Waals surface area contributed by atoms with Crippen molar-refractivity contribution in [3.8, 4) is 0 Å². The number of nitrogens with one attached hydrogen (secondary N) is 2. The summed E-state index contributed by atoms with van der Waals surface area (Å²) < 4.78 is 51.9. The molecule has 3 aromatic rings. The van der Waals surface area contributed by atoms with Crippen molar-refractivity contribution in [2.75, 3.05) is 17.2 Å². The van der Waals surface area contributed by atoms with Crippen LogP contribution in [0, 0.1) is 5.82 Å². The van der Waals surface area contributed by atoms with Gasteiger partial charge in [0.1, 0.15) is 11.6 Å². The molecule has 0 aliphatic carbocycles. The number of nitrogens with zero attached hydrogens (tertiary/aromatic N) is 2. The third-order valence-corrected chi connectivity index (χ3v) is 3.76. The average Bonchev–Trinajstić information content (AvgIpc) is 2.63. The Hall–Kier alpha value is -3.16. The second-order valence-corrected chi connectivity index (χ2v) is 5.74. The van der Waals surface area contributed by atoms with E-state index in [2.05, 4.69) is 20.6 Å². The molecule has 0 saturated carbocycles. The summed E-state index contributed by atoms with van der Waals surface area (Å²) in [5, 5.41) is 5.80. The second kappa shape index (κ2) is 8.03. The smallest absolute Gasteiger partial charge is 0.370 e. The molecule has 0 amide bonds. The standard InChI is InChI=1S/C19H16F4N4/c20-16-7-2-1-4-13(16)8-10-24-17-9-11-25-18(27-17)26-15-6-3-5-14(12-15)19(21,22)23/h1-7,9,11-12H,8,10H2,(H2,24,25,26,27). The van der Waals surface area contributed by atoms with Crippen molar-refractivity contribution >= 4 is 17.5 Å². The van der Waals surface area contributed by atoms with Crippen LogP contribution in [0.2, 0.25) is 0 Å². The third kappa shape index (κ3) is 5.16. The predicted octanol–water partition coefficient (Wildman–Crippen LogP) is 5.03. The van der Waals surface area contributed by atoms with Gasteiger partial charge in [0.05, 0.1) is 5.56 Å². The minimum Gasteiger partial charge on any atom is -0.370 e. The number of rotatable bonds is 6. The van der Waals surface area contributed by atoms with Crippen LogP contribution >= 0.6 is 0 Å². The van der Waals surface area contributed by atoms with Gasteiger partial charge < -0.3 is 10.6 Å². The van der Waals surface area contributed by atoms with Gasteiger partial charge >= 0.3 is 6.18 Å². The molecular formula is C19H16F4N4. The van der Waals surface area contributed by atoms with Crippen molar-refractivity contribution in [3.05, 3.63) is 77.7 Å². The number of hydrogen-bond acceptors (Lipinski definition) is 4. The zero-order chi connectivity index (χ0) is 19.3. The third-order valence-electron chi connectivity index (χ3n) is 3.76. The zero-order valence-electron chi connectivity index (χ0n) is 14.1. The van der Waals surface area contributed by atoms with Crippen LogP contribution in [0.3, 0.4) is 0 Å². The van der Waals surface area contributed by atoms with Crippen LogP contribution in [0.4, 0.5) is 35.0 Å². The van der Waals surface area contributed by atoms with Crippen molar-refractivity contribution < 1.29 is 17.6 Å². The molecular weight excluding hydrogens is 360 g/mol. The summed E-state index contributed by atoms with van der Waals surface area (Å²) in [6.07, 6.45) is -2.48. The highest BCUT2D eigenvalue weighted by Gasteiger charge is 2.30. The maximum atomic E-state index is 13.6. The molecule has 0 spiro atoms. The molecule has 0 unspecified atom stereocenters. The molecule has 4 nitrogen and oxygen atoms in total. The topological polar surface area (TPSA) is 49.8 Å². The van der Waals surface area contributed by atoms with Crippen LogP contribution in [0.25, 0.3) is 0 Å². The van der Waals surface area contributed by atoms with Gasteiger partial charge in [-0.25, -0.2) is 9.37 Å². The van der Waals surface area contributed by atoms with Gasteiger partial charge in [-0.2, -0.15) is 18.2 Å². The van der Waals surface area contributed by atoms with Crippen molar-refractivity contribution in [2.24, 2.45) is 0 Å². The summed E-state index contributed by atoms with van der Waals surface area (Å²) >= 11 is 0. The summed E-state index contributed by atoms with van der Waals surface area (Å²) in [4.78, 5) is 8.21. The highest BCUT2D eigenvalue weighted by molar-refractivity contribution is 5.56. The summed E-state index contributed by atoms with van der Waals surface area (Å²) in [6, 6.07) is 12.9. The first-order valence-corrected chi connectivity index (χ1v) is 8.16. The van der Waals surface area contributed by atoms with E-state index in [0.29, 0.717) is 24.3 Å².